The van der Waals surface area contributed by atoms with Gasteiger partial charge in [0, 0.05) is 23.3 Å². The predicted octanol–water partition coefficient (Wildman–Crippen LogP) is 2.27. The van der Waals surface area contributed by atoms with E-state index in [1.54, 1.807) is 12.4 Å². The van der Waals surface area contributed by atoms with Gasteiger partial charge in [-0.25, -0.2) is 0 Å². The smallest absolute Gasteiger partial charge is 0.153 e. The van der Waals surface area contributed by atoms with Crippen LogP contribution in [0.2, 0.25) is 0 Å². The van der Waals surface area contributed by atoms with Gasteiger partial charge in [-0.3, -0.25) is 9.98 Å². The van der Waals surface area contributed by atoms with Crippen molar-refractivity contribution in [3.05, 3.63) is 35.9 Å². The first-order chi connectivity index (χ1) is 6.95. The number of fused-ring (bicyclic) bond motifs is 3. The highest BCUT2D eigenvalue weighted by Gasteiger charge is 2.10. The molecular formula is C11H8N2O. The lowest BCUT2D eigenvalue weighted by atomic mass is 10.1. The molecule has 3 nitrogen and oxygen atoms in total. The number of pyridine rings is 1. The summed E-state index contributed by atoms with van der Waals surface area (Å²) in [7, 11) is 0. The molecule has 0 saturated carbocycles. The van der Waals surface area contributed by atoms with Gasteiger partial charge in [0.2, 0.25) is 0 Å². The Kier molecular flexibility index (Phi) is 1.50. The van der Waals surface area contributed by atoms with Crippen molar-refractivity contribution in [1.82, 2.24) is 4.98 Å². The Bertz CT molecular complexity index is 537. The van der Waals surface area contributed by atoms with Crippen LogP contribution in [0.15, 0.2) is 33.9 Å². The van der Waals surface area contributed by atoms with Crippen molar-refractivity contribution < 1.29 is 4.42 Å². The van der Waals surface area contributed by atoms with Crippen LogP contribution in [0, 0.1) is 0 Å². The van der Waals surface area contributed by atoms with E-state index in [0.29, 0.717) is 6.54 Å². The fourth-order valence-corrected chi connectivity index (χ4v) is 1.61. The van der Waals surface area contributed by atoms with Crippen molar-refractivity contribution >= 4 is 23.3 Å². The molecule has 0 bridgehead atoms. The summed E-state index contributed by atoms with van der Waals surface area (Å²) in [6, 6.07) is 1.87. The maximum Gasteiger partial charge on any atom is 0.153 e. The summed E-state index contributed by atoms with van der Waals surface area (Å²) in [5, 5.41) is 1.05. The molecule has 68 valence electrons. The molecule has 2 aromatic rings. The van der Waals surface area contributed by atoms with E-state index in [-0.39, 0.29) is 0 Å². The molecule has 3 rings (SSSR count). The van der Waals surface area contributed by atoms with Crippen LogP contribution in [0.25, 0.3) is 17.0 Å². The third-order valence-electron chi connectivity index (χ3n) is 2.26. The van der Waals surface area contributed by atoms with E-state index in [2.05, 4.69) is 9.98 Å². The average molecular weight is 184 g/mol. The minimum atomic E-state index is 0.714. The number of rotatable bonds is 0. The van der Waals surface area contributed by atoms with Crippen LogP contribution in [0.5, 0.6) is 0 Å². The monoisotopic (exact) mass is 184 g/mol. The summed E-state index contributed by atoms with van der Waals surface area (Å²) >= 11 is 0. The second kappa shape index (κ2) is 2.80. The highest BCUT2D eigenvalue weighted by atomic mass is 16.3. The van der Waals surface area contributed by atoms with Crippen molar-refractivity contribution in [2.45, 2.75) is 0 Å². The molecule has 0 spiro atoms. The maximum absolute atomic E-state index is 5.63. The molecular weight excluding hydrogens is 176 g/mol. The normalized spacial score (nSPS) is 14.3. The zero-order chi connectivity index (χ0) is 9.38. The molecule has 0 unspecified atom stereocenters. The summed E-state index contributed by atoms with van der Waals surface area (Å²) < 4.78 is 5.63. The first-order valence-corrected chi connectivity index (χ1v) is 4.48. The minimum absolute atomic E-state index is 0.714. The third-order valence-corrected chi connectivity index (χ3v) is 2.26. The van der Waals surface area contributed by atoms with Crippen molar-refractivity contribution in [2.24, 2.45) is 4.99 Å². The number of hydrogen-bond donors (Lipinski definition) is 0. The predicted molar refractivity (Wildman–Crippen MR) is 55.5 cm³/mol. The van der Waals surface area contributed by atoms with Crippen LogP contribution in [0.3, 0.4) is 0 Å². The van der Waals surface area contributed by atoms with Gasteiger partial charge in [0.15, 0.2) is 5.76 Å². The van der Waals surface area contributed by atoms with Gasteiger partial charge in [-0.1, -0.05) is 12.2 Å². The Labute approximate surface area is 80.8 Å². The fraction of sp³-hybridized carbons (Fsp3) is 0.0909. The zero-order valence-electron chi connectivity index (χ0n) is 7.47. The molecule has 0 fully saturated rings. The van der Waals surface area contributed by atoms with Crippen LogP contribution in [-0.2, 0) is 0 Å². The molecule has 14 heavy (non-hydrogen) atoms. The van der Waals surface area contributed by atoms with Crippen LogP contribution in [-0.4, -0.2) is 17.7 Å². The molecule has 3 heteroatoms. The Balaban J connectivity index is 2.41. The Morgan fingerprint density at radius 2 is 2.36 bits per heavy atom. The van der Waals surface area contributed by atoms with E-state index in [1.165, 1.54) is 0 Å². The zero-order valence-corrected chi connectivity index (χ0v) is 7.47. The van der Waals surface area contributed by atoms with E-state index < -0.39 is 0 Å². The number of furan rings is 1. The molecule has 0 N–H and O–H groups in total. The summed E-state index contributed by atoms with van der Waals surface area (Å²) in [5.74, 6) is 0.821. The Hall–Kier alpha value is -1.90. The standard InChI is InChI=1S/C11H8N2O/c1-2-8-9-6-13-5-3-10(9)14-11(8)7-12-4-1/h1-3,5-7H,4H2. The van der Waals surface area contributed by atoms with Gasteiger partial charge < -0.3 is 4.42 Å². The SMILES string of the molecule is C1=Cc2c(oc3ccncc23)C=NC1. The molecule has 0 radical (unpaired) electrons. The lowest BCUT2D eigenvalue weighted by molar-refractivity contribution is 0.607. The first kappa shape index (κ1) is 7.50. The molecule has 0 atom stereocenters. The molecule has 3 heterocycles. The highest BCUT2D eigenvalue weighted by molar-refractivity contribution is 5.96. The van der Waals surface area contributed by atoms with Crippen molar-refractivity contribution in [3.63, 3.8) is 0 Å². The molecule has 0 aliphatic carbocycles. The molecule has 0 amide bonds. The number of aliphatic imine (C=N–C) groups is 1. The van der Waals surface area contributed by atoms with Gasteiger partial charge in [0.1, 0.15) is 5.58 Å². The second-order valence-electron chi connectivity index (χ2n) is 3.15. The fourth-order valence-electron chi connectivity index (χ4n) is 1.61. The number of hydrogen-bond acceptors (Lipinski definition) is 3. The van der Waals surface area contributed by atoms with Gasteiger partial charge in [0.25, 0.3) is 0 Å². The molecule has 2 aromatic heterocycles. The minimum Gasteiger partial charge on any atom is -0.454 e. The van der Waals surface area contributed by atoms with Crippen LogP contribution < -0.4 is 0 Å². The van der Waals surface area contributed by atoms with E-state index in [9.17, 15) is 0 Å². The van der Waals surface area contributed by atoms with Crippen LogP contribution in [0.4, 0.5) is 0 Å². The largest absolute Gasteiger partial charge is 0.454 e. The lowest BCUT2D eigenvalue weighted by Crippen LogP contribution is -1.78. The van der Waals surface area contributed by atoms with Gasteiger partial charge >= 0.3 is 0 Å². The molecule has 0 aromatic carbocycles. The molecule has 0 saturated heterocycles. The van der Waals surface area contributed by atoms with E-state index in [0.717, 1.165) is 22.3 Å². The lowest BCUT2D eigenvalue weighted by Gasteiger charge is -1.87. The van der Waals surface area contributed by atoms with Crippen molar-refractivity contribution in [1.29, 1.82) is 0 Å². The molecule has 1 aliphatic rings. The summed E-state index contributed by atoms with van der Waals surface area (Å²) in [6.45, 7) is 0.714. The van der Waals surface area contributed by atoms with E-state index in [4.69, 9.17) is 4.42 Å². The van der Waals surface area contributed by atoms with Gasteiger partial charge in [-0.15, -0.1) is 0 Å². The van der Waals surface area contributed by atoms with Gasteiger partial charge in [-0.05, 0) is 6.07 Å². The first-order valence-electron chi connectivity index (χ1n) is 4.48. The number of aromatic nitrogens is 1. The maximum atomic E-state index is 5.63. The summed E-state index contributed by atoms with van der Waals surface area (Å²) in [5.41, 5.74) is 1.94. The Morgan fingerprint density at radius 1 is 1.36 bits per heavy atom. The quantitative estimate of drug-likeness (QED) is 0.630. The topological polar surface area (TPSA) is 38.4 Å². The van der Waals surface area contributed by atoms with Gasteiger partial charge in [0.05, 0.1) is 12.8 Å². The Morgan fingerprint density at radius 3 is 3.36 bits per heavy atom. The van der Waals surface area contributed by atoms with Crippen LogP contribution in [0.1, 0.15) is 11.3 Å². The van der Waals surface area contributed by atoms with Gasteiger partial charge in [-0.2, -0.15) is 0 Å². The second-order valence-corrected chi connectivity index (χ2v) is 3.15. The number of nitrogens with zero attached hydrogens (tertiary/aromatic N) is 2. The van der Waals surface area contributed by atoms with Crippen molar-refractivity contribution in [3.8, 4) is 0 Å². The summed E-state index contributed by atoms with van der Waals surface area (Å²) in [6.07, 6.45) is 9.38. The average Bonchev–Trinajstić information content (AvgIpc) is 2.42. The highest BCUT2D eigenvalue weighted by Crippen LogP contribution is 2.25. The van der Waals surface area contributed by atoms with E-state index >= 15 is 0 Å². The van der Waals surface area contributed by atoms with Crippen molar-refractivity contribution in [2.75, 3.05) is 6.54 Å². The van der Waals surface area contributed by atoms with Crippen LogP contribution >= 0.6 is 0 Å². The van der Waals surface area contributed by atoms with E-state index in [1.807, 2.05) is 24.4 Å². The summed E-state index contributed by atoms with van der Waals surface area (Å²) in [4.78, 5) is 8.27. The molecule has 1 aliphatic heterocycles. The third kappa shape index (κ3) is 0.988.